The van der Waals surface area contributed by atoms with Crippen LogP contribution in [0, 0.1) is 0 Å². The Balaban J connectivity index is 3.32. The first-order valence-corrected chi connectivity index (χ1v) is 6.34. The summed E-state index contributed by atoms with van der Waals surface area (Å²) in [5.41, 5.74) is 11.8. The van der Waals surface area contributed by atoms with Crippen LogP contribution < -0.4 is 11.5 Å². The van der Waals surface area contributed by atoms with E-state index in [1.165, 1.54) is 23.5 Å². The Morgan fingerprint density at radius 1 is 1.25 bits per heavy atom. The number of sulfonamides is 1. The summed E-state index contributed by atoms with van der Waals surface area (Å²) in [5, 5.41) is 0. The highest BCUT2D eigenvalue weighted by Gasteiger charge is 2.25. The Morgan fingerprint density at radius 3 is 2.31 bits per heavy atom. The first-order chi connectivity index (χ1) is 7.26. The molecular formula is C10H17N3O2S. The molecule has 0 aromatic heterocycles. The third-order valence-electron chi connectivity index (χ3n) is 2.42. The summed E-state index contributed by atoms with van der Waals surface area (Å²) in [6, 6.07) is 4.31. The Hall–Kier alpha value is -1.27. The number of hydrogen-bond donors (Lipinski definition) is 2. The predicted octanol–water partition coefficient (Wildman–Crippen LogP) is 0.880. The van der Waals surface area contributed by atoms with Gasteiger partial charge in [-0.3, -0.25) is 0 Å². The fraction of sp³-hybridized carbons (Fsp3) is 0.400. The molecule has 1 aromatic rings. The second kappa shape index (κ2) is 4.31. The molecule has 0 unspecified atom stereocenters. The molecule has 0 saturated carbocycles. The van der Waals surface area contributed by atoms with Crippen LogP contribution >= 0.6 is 0 Å². The van der Waals surface area contributed by atoms with Crippen molar-refractivity contribution in [2.24, 2.45) is 0 Å². The number of nitrogens with zero attached hydrogens (tertiary/aromatic N) is 1. The molecule has 16 heavy (non-hydrogen) atoms. The lowest BCUT2D eigenvalue weighted by molar-refractivity contribution is 0.411. The van der Waals surface area contributed by atoms with E-state index in [9.17, 15) is 8.42 Å². The summed E-state index contributed by atoms with van der Waals surface area (Å²) >= 11 is 0. The second-order valence-corrected chi connectivity index (χ2v) is 5.88. The van der Waals surface area contributed by atoms with Gasteiger partial charge in [-0.15, -0.1) is 0 Å². The second-order valence-electron chi connectivity index (χ2n) is 3.91. The molecule has 0 spiro atoms. The molecule has 0 atom stereocenters. The van der Waals surface area contributed by atoms with Crippen LogP contribution in [0.25, 0.3) is 0 Å². The van der Waals surface area contributed by atoms with Gasteiger partial charge in [0.2, 0.25) is 10.0 Å². The molecule has 1 rings (SSSR count). The van der Waals surface area contributed by atoms with Gasteiger partial charge in [-0.05, 0) is 32.0 Å². The lowest BCUT2D eigenvalue weighted by Gasteiger charge is -2.21. The number of hydrogen-bond acceptors (Lipinski definition) is 4. The molecule has 0 fully saturated rings. The number of benzene rings is 1. The van der Waals surface area contributed by atoms with Gasteiger partial charge >= 0.3 is 0 Å². The zero-order valence-electron chi connectivity index (χ0n) is 9.64. The molecule has 0 bridgehead atoms. The van der Waals surface area contributed by atoms with Crippen molar-refractivity contribution in [1.82, 2.24) is 4.31 Å². The van der Waals surface area contributed by atoms with Crippen molar-refractivity contribution in [3.8, 4) is 0 Å². The van der Waals surface area contributed by atoms with E-state index in [4.69, 9.17) is 11.5 Å². The van der Waals surface area contributed by atoms with Gasteiger partial charge in [0.25, 0.3) is 0 Å². The Morgan fingerprint density at radius 2 is 1.81 bits per heavy atom. The first kappa shape index (κ1) is 12.8. The van der Waals surface area contributed by atoms with E-state index in [1.807, 2.05) is 0 Å². The maximum Gasteiger partial charge on any atom is 0.245 e. The third-order valence-corrected chi connectivity index (χ3v) is 4.51. The highest BCUT2D eigenvalue weighted by molar-refractivity contribution is 7.89. The van der Waals surface area contributed by atoms with Crippen molar-refractivity contribution in [2.45, 2.75) is 24.8 Å². The fourth-order valence-corrected chi connectivity index (χ4v) is 2.72. The highest BCUT2D eigenvalue weighted by atomic mass is 32.2. The molecule has 0 aliphatic rings. The minimum atomic E-state index is -3.56. The largest absolute Gasteiger partial charge is 0.399 e. The number of rotatable bonds is 3. The minimum Gasteiger partial charge on any atom is -0.399 e. The summed E-state index contributed by atoms with van der Waals surface area (Å²) in [6.07, 6.45) is 0. The molecule has 0 heterocycles. The van der Waals surface area contributed by atoms with E-state index in [0.29, 0.717) is 5.69 Å². The van der Waals surface area contributed by atoms with Gasteiger partial charge < -0.3 is 11.5 Å². The summed E-state index contributed by atoms with van der Waals surface area (Å²) in [5.74, 6) is 0. The summed E-state index contributed by atoms with van der Waals surface area (Å²) in [7, 11) is -2.05. The number of nitrogens with two attached hydrogens (primary N) is 2. The average molecular weight is 243 g/mol. The molecule has 0 aliphatic carbocycles. The van der Waals surface area contributed by atoms with E-state index in [0.717, 1.165) is 0 Å². The van der Waals surface area contributed by atoms with Gasteiger partial charge in [-0.1, -0.05) is 0 Å². The molecule has 0 amide bonds. The SMILES string of the molecule is CC(C)N(C)S(=O)(=O)c1cc(N)ccc1N. The standard InChI is InChI=1S/C10H17N3O2S/c1-7(2)13(3)16(14,15)10-6-8(11)4-5-9(10)12/h4-7H,11-12H2,1-3H3. The van der Waals surface area contributed by atoms with Gasteiger partial charge in [0, 0.05) is 18.8 Å². The predicted molar refractivity (Wildman–Crippen MR) is 65.4 cm³/mol. The molecule has 0 saturated heterocycles. The zero-order valence-corrected chi connectivity index (χ0v) is 10.5. The van der Waals surface area contributed by atoms with E-state index in [2.05, 4.69) is 0 Å². The third kappa shape index (κ3) is 2.28. The smallest absolute Gasteiger partial charge is 0.245 e. The van der Waals surface area contributed by atoms with E-state index >= 15 is 0 Å². The van der Waals surface area contributed by atoms with Gasteiger partial charge in [0.05, 0.1) is 5.69 Å². The van der Waals surface area contributed by atoms with E-state index < -0.39 is 10.0 Å². The van der Waals surface area contributed by atoms with Crippen molar-refractivity contribution < 1.29 is 8.42 Å². The van der Waals surface area contributed by atoms with Crippen LogP contribution in [-0.2, 0) is 10.0 Å². The normalized spacial score (nSPS) is 12.3. The zero-order chi connectivity index (χ0) is 12.5. The molecule has 5 nitrogen and oxygen atoms in total. The molecule has 1 aromatic carbocycles. The lowest BCUT2D eigenvalue weighted by Crippen LogP contribution is -2.33. The van der Waals surface area contributed by atoms with Gasteiger partial charge in [-0.2, -0.15) is 4.31 Å². The van der Waals surface area contributed by atoms with Crippen LogP contribution in [0.4, 0.5) is 11.4 Å². The van der Waals surface area contributed by atoms with Crippen LogP contribution in [0.3, 0.4) is 0 Å². The fourth-order valence-electron chi connectivity index (χ4n) is 1.21. The maximum absolute atomic E-state index is 12.1. The van der Waals surface area contributed by atoms with Crippen LogP contribution in [0.2, 0.25) is 0 Å². The average Bonchev–Trinajstić information content (AvgIpc) is 2.20. The van der Waals surface area contributed by atoms with Crippen LogP contribution in [0.5, 0.6) is 0 Å². The maximum atomic E-state index is 12.1. The Kier molecular flexibility index (Phi) is 3.44. The summed E-state index contributed by atoms with van der Waals surface area (Å²) in [4.78, 5) is 0.0590. The Labute approximate surface area is 96.1 Å². The van der Waals surface area contributed by atoms with Gasteiger partial charge in [0.1, 0.15) is 4.90 Å². The van der Waals surface area contributed by atoms with Gasteiger partial charge in [0.15, 0.2) is 0 Å². The number of nitrogen functional groups attached to an aromatic ring is 2. The van der Waals surface area contributed by atoms with Crippen molar-refractivity contribution >= 4 is 21.4 Å². The molecular weight excluding hydrogens is 226 g/mol. The monoisotopic (exact) mass is 243 g/mol. The number of anilines is 2. The van der Waals surface area contributed by atoms with E-state index in [-0.39, 0.29) is 16.6 Å². The van der Waals surface area contributed by atoms with Gasteiger partial charge in [-0.25, -0.2) is 8.42 Å². The van der Waals surface area contributed by atoms with Crippen LogP contribution in [-0.4, -0.2) is 25.8 Å². The van der Waals surface area contributed by atoms with Crippen molar-refractivity contribution in [1.29, 1.82) is 0 Å². The minimum absolute atomic E-state index is 0.0590. The summed E-state index contributed by atoms with van der Waals surface area (Å²) < 4.78 is 25.5. The van der Waals surface area contributed by atoms with Crippen LogP contribution in [0.15, 0.2) is 23.1 Å². The highest BCUT2D eigenvalue weighted by Crippen LogP contribution is 2.24. The van der Waals surface area contributed by atoms with Crippen molar-refractivity contribution in [3.63, 3.8) is 0 Å². The summed E-state index contributed by atoms with van der Waals surface area (Å²) in [6.45, 7) is 3.58. The Bertz CT molecular complexity index is 483. The van der Waals surface area contributed by atoms with Crippen molar-refractivity contribution in [3.05, 3.63) is 18.2 Å². The van der Waals surface area contributed by atoms with E-state index in [1.54, 1.807) is 19.9 Å². The molecule has 6 heteroatoms. The van der Waals surface area contributed by atoms with Crippen LogP contribution in [0.1, 0.15) is 13.8 Å². The molecule has 0 aliphatic heterocycles. The first-order valence-electron chi connectivity index (χ1n) is 4.90. The molecule has 90 valence electrons. The quantitative estimate of drug-likeness (QED) is 0.771. The molecule has 4 N–H and O–H groups in total. The van der Waals surface area contributed by atoms with Crippen molar-refractivity contribution in [2.75, 3.05) is 18.5 Å². The topological polar surface area (TPSA) is 89.4 Å². The molecule has 0 radical (unpaired) electrons. The lowest BCUT2D eigenvalue weighted by atomic mass is 10.3.